The highest BCUT2D eigenvalue weighted by atomic mass is 15.2. The molecule has 3 heteroatoms. The van der Waals surface area contributed by atoms with E-state index in [9.17, 15) is 0 Å². The Bertz CT molecular complexity index is 806. The van der Waals surface area contributed by atoms with Crippen molar-refractivity contribution >= 4 is 33.2 Å². The Hall–Kier alpha value is -2.55. The van der Waals surface area contributed by atoms with E-state index in [1.165, 1.54) is 21.5 Å². The van der Waals surface area contributed by atoms with Gasteiger partial charge < -0.3 is 10.6 Å². The SMILES string of the molecule is CN=C(N)N(C)c1cccc2cc3ccccc3cc12. The van der Waals surface area contributed by atoms with Crippen molar-refractivity contribution in [3.8, 4) is 0 Å². The molecule has 0 radical (unpaired) electrons. The Morgan fingerprint density at radius 1 is 0.950 bits per heavy atom. The molecule has 0 heterocycles. The van der Waals surface area contributed by atoms with E-state index in [1.807, 2.05) is 18.0 Å². The normalized spacial score (nSPS) is 12.0. The highest BCUT2D eigenvalue weighted by Crippen LogP contribution is 2.30. The van der Waals surface area contributed by atoms with E-state index in [2.05, 4.69) is 53.5 Å². The molecule has 3 rings (SSSR count). The van der Waals surface area contributed by atoms with Gasteiger partial charge in [0.15, 0.2) is 5.96 Å². The molecule has 0 unspecified atom stereocenters. The smallest absolute Gasteiger partial charge is 0.195 e. The largest absolute Gasteiger partial charge is 0.370 e. The van der Waals surface area contributed by atoms with Crippen molar-refractivity contribution in [2.45, 2.75) is 0 Å². The third-order valence-electron chi connectivity index (χ3n) is 3.66. The van der Waals surface area contributed by atoms with Gasteiger partial charge in [0.25, 0.3) is 0 Å². The number of nitrogens with two attached hydrogens (primary N) is 1. The molecule has 0 saturated carbocycles. The summed E-state index contributed by atoms with van der Waals surface area (Å²) in [6.45, 7) is 0. The van der Waals surface area contributed by atoms with Crippen LogP contribution in [0.15, 0.2) is 59.6 Å². The molecule has 3 aromatic rings. The third-order valence-corrected chi connectivity index (χ3v) is 3.66. The molecular weight excluding hydrogens is 246 g/mol. The van der Waals surface area contributed by atoms with E-state index in [0.29, 0.717) is 5.96 Å². The van der Waals surface area contributed by atoms with Gasteiger partial charge in [0.2, 0.25) is 0 Å². The second-order valence-electron chi connectivity index (χ2n) is 4.84. The molecule has 0 amide bonds. The molecule has 0 aromatic heterocycles. The topological polar surface area (TPSA) is 41.6 Å². The number of nitrogens with zero attached hydrogens (tertiary/aromatic N) is 2. The van der Waals surface area contributed by atoms with Crippen LogP contribution in [-0.4, -0.2) is 20.1 Å². The zero-order chi connectivity index (χ0) is 14.1. The van der Waals surface area contributed by atoms with Gasteiger partial charge in [-0.3, -0.25) is 4.99 Å². The molecule has 0 fully saturated rings. The van der Waals surface area contributed by atoms with Crippen molar-refractivity contribution in [1.29, 1.82) is 0 Å². The summed E-state index contributed by atoms with van der Waals surface area (Å²) in [7, 11) is 3.64. The van der Waals surface area contributed by atoms with Gasteiger partial charge in [-0.15, -0.1) is 0 Å². The number of aliphatic imine (C=N–C) groups is 1. The minimum absolute atomic E-state index is 0.505. The maximum Gasteiger partial charge on any atom is 0.195 e. The summed E-state index contributed by atoms with van der Waals surface area (Å²) in [5.41, 5.74) is 6.99. The van der Waals surface area contributed by atoms with Crippen molar-refractivity contribution in [2.24, 2.45) is 10.7 Å². The van der Waals surface area contributed by atoms with Crippen molar-refractivity contribution in [3.05, 3.63) is 54.6 Å². The van der Waals surface area contributed by atoms with E-state index in [-0.39, 0.29) is 0 Å². The van der Waals surface area contributed by atoms with E-state index in [4.69, 9.17) is 5.73 Å². The van der Waals surface area contributed by atoms with Crippen molar-refractivity contribution in [2.75, 3.05) is 19.0 Å². The first-order valence-electron chi connectivity index (χ1n) is 6.58. The summed E-state index contributed by atoms with van der Waals surface area (Å²) in [4.78, 5) is 5.97. The minimum atomic E-state index is 0.505. The van der Waals surface area contributed by atoms with Crippen LogP contribution in [0.1, 0.15) is 0 Å². The Balaban J connectivity index is 2.30. The van der Waals surface area contributed by atoms with Crippen LogP contribution in [0.4, 0.5) is 5.69 Å². The molecule has 20 heavy (non-hydrogen) atoms. The van der Waals surface area contributed by atoms with Gasteiger partial charge in [-0.25, -0.2) is 0 Å². The Kier molecular flexibility index (Phi) is 3.03. The standard InChI is InChI=1S/C17H17N3/c1-19-17(18)20(2)16-9-5-8-14-10-12-6-3-4-7-13(12)11-15(14)16/h3-11H,1-2H3,(H2,18,19). The highest BCUT2D eigenvalue weighted by molar-refractivity contribution is 6.08. The summed E-state index contributed by atoms with van der Waals surface area (Å²) in [6, 6.07) is 19.0. The fraction of sp³-hybridized carbons (Fsp3) is 0.118. The van der Waals surface area contributed by atoms with Crippen LogP contribution >= 0.6 is 0 Å². The Morgan fingerprint density at radius 2 is 1.60 bits per heavy atom. The lowest BCUT2D eigenvalue weighted by Crippen LogP contribution is -2.33. The number of anilines is 1. The molecule has 0 aliphatic rings. The Labute approximate surface area is 118 Å². The zero-order valence-electron chi connectivity index (χ0n) is 11.7. The number of guanidine groups is 1. The van der Waals surface area contributed by atoms with E-state index < -0.39 is 0 Å². The molecule has 0 atom stereocenters. The lowest BCUT2D eigenvalue weighted by Gasteiger charge is -2.20. The number of hydrogen-bond acceptors (Lipinski definition) is 1. The molecule has 100 valence electrons. The maximum atomic E-state index is 5.93. The maximum absolute atomic E-state index is 5.93. The number of hydrogen-bond donors (Lipinski definition) is 1. The number of rotatable bonds is 1. The van der Waals surface area contributed by atoms with Crippen LogP contribution in [0.25, 0.3) is 21.5 Å². The van der Waals surface area contributed by atoms with Crippen molar-refractivity contribution in [1.82, 2.24) is 0 Å². The molecule has 2 N–H and O–H groups in total. The van der Waals surface area contributed by atoms with Crippen LogP contribution in [0, 0.1) is 0 Å². The average molecular weight is 263 g/mol. The van der Waals surface area contributed by atoms with Crippen LogP contribution in [0.5, 0.6) is 0 Å². The fourth-order valence-corrected chi connectivity index (χ4v) is 2.52. The van der Waals surface area contributed by atoms with Gasteiger partial charge in [0.1, 0.15) is 0 Å². The van der Waals surface area contributed by atoms with Gasteiger partial charge in [0, 0.05) is 19.5 Å². The number of fused-ring (bicyclic) bond motifs is 2. The van der Waals surface area contributed by atoms with E-state index in [0.717, 1.165) is 5.69 Å². The van der Waals surface area contributed by atoms with Gasteiger partial charge in [-0.1, -0.05) is 36.4 Å². The average Bonchev–Trinajstić information content (AvgIpc) is 2.50. The van der Waals surface area contributed by atoms with Gasteiger partial charge >= 0.3 is 0 Å². The van der Waals surface area contributed by atoms with Crippen LogP contribution in [0.3, 0.4) is 0 Å². The lowest BCUT2D eigenvalue weighted by atomic mass is 10.0. The molecule has 0 saturated heterocycles. The second kappa shape index (κ2) is 4.85. The molecule has 3 nitrogen and oxygen atoms in total. The highest BCUT2D eigenvalue weighted by Gasteiger charge is 2.09. The second-order valence-corrected chi connectivity index (χ2v) is 4.84. The Morgan fingerprint density at radius 3 is 2.30 bits per heavy atom. The monoisotopic (exact) mass is 263 g/mol. The molecule has 3 aromatic carbocycles. The summed E-state index contributed by atoms with van der Waals surface area (Å²) >= 11 is 0. The summed E-state index contributed by atoms with van der Waals surface area (Å²) in [5.74, 6) is 0.505. The molecular formula is C17H17N3. The lowest BCUT2D eigenvalue weighted by molar-refractivity contribution is 1.21. The molecule has 0 aliphatic heterocycles. The fourth-order valence-electron chi connectivity index (χ4n) is 2.52. The summed E-state index contributed by atoms with van der Waals surface area (Å²) in [6.07, 6.45) is 0. The van der Waals surface area contributed by atoms with Crippen molar-refractivity contribution < 1.29 is 0 Å². The van der Waals surface area contributed by atoms with E-state index in [1.54, 1.807) is 7.05 Å². The van der Waals surface area contributed by atoms with Crippen LogP contribution in [0.2, 0.25) is 0 Å². The summed E-state index contributed by atoms with van der Waals surface area (Å²) < 4.78 is 0. The zero-order valence-corrected chi connectivity index (χ0v) is 11.7. The first-order valence-corrected chi connectivity index (χ1v) is 6.58. The minimum Gasteiger partial charge on any atom is -0.370 e. The van der Waals surface area contributed by atoms with Gasteiger partial charge in [0.05, 0.1) is 5.69 Å². The van der Waals surface area contributed by atoms with Crippen molar-refractivity contribution in [3.63, 3.8) is 0 Å². The summed E-state index contributed by atoms with van der Waals surface area (Å²) in [5, 5.41) is 4.86. The predicted octanol–water partition coefficient (Wildman–Crippen LogP) is 3.37. The predicted molar refractivity (Wildman–Crippen MR) is 87.4 cm³/mol. The molecule has 0 aliphatic carbocycles. The van der Waals surface area contributed by atoms with Gasteiger partial charge in [-0.2, -0.15) is 0 Å². The molecule has 0 bridgehead atoms. The van der Waals surface area contributed by atoms with Crippen LogP contribution < -0.4 is 10.6 Å². The van der Waals surface area contributed by atoms with Gasteiger partial charge in [-0.05, 0) is 34.4 Å². The first-order chi connectivity index (χ1) is 9.70. The molecule has 0 spiro atoms. The number of benzene rings is 3. The quantitative estimate of drug-likeness (QED) is 0.415. The van der Waals surface area contributed by atoms with Crippen LogP contribution in [-0.2, 0) is 0 Å². The first kappa shape index (κ1) is 12.5. The third kappa shape index (κ3) is 1.97. The van der Waals surface area contributed by atoms with E-state index >= 15 is 0 Å².